The van der Waals surface area contributed by atoms with Gasteiger partial charge in [0.1, 0.15) is 0 Å². The summed E-state index contributed by atoms with van der Waals surface area (Å²) in [4.78, 5) is 5.51. The van der Waals surface area contributed by atoms with E-state index < -0.39 is 0 Å². The Morgan fingerprint density at radius 3 is 0.770 bits per heavy atom. The molecular weight excluding hydrogens is 1910 g/mol. The largest absolute Gasteiger partial charge is 0.381 e. The molecule has 4 aromatic rings. The van der Waals surface area contributed by atoms with E-state index in [0.29, 0.717) is 85.4 Å². The summed E-state index contributed by atoms with van der Waals surface area (Å²) >= 11 is 7.73. The molecule has 0 spiro atoms. The van der Waals surface area contributed by atoms with Crippen molar-refractivity contribution in [2.24, 2.45) is 27.1 Å². The highest BCUT2D eigenvalue weighted by molar-refractivity contribution is 8.01. The average Bonchev–Trinajstić information content (AvgIpc) is 0.857. The molecule has 0 saturated heterocycles. The van der Waals surface area contributed by atoms with Gasteiger partial charge in [0.25, 0.3) is 0 Å². The molecule has 0 radical (unpaired) electrons. The van der Waals surface area contributed by atoms with Crippen molar-refractivity contribution in [3.63, 3.8) is 0 Å². The van der Waals surface area contributed by atoms with Crippen molar-refractivity contribution in [3.05, 3.63) is 118 Å². The Labute approximate surface area is 947 Å². The lowest BCUT2D eigenvalue weighted by Gasteiger charge is -2.18. The van der Waals surface area contributed by atoms with Crippen molar-refractivity contribution in [1.82, 2.24) is 0 Å². The number of rotatable bonds is 40. The van der Waals surface area contributed by atoms with Gasteiger partial charge in [-0.3, -0.25) is 0 Å². The van der Waals surface area contributed by atoms with Gasteiger partial charge in [0.2, 0.25) is 0 Å². The molecule has 0 N–H and O–H groups in total. The van der Waals surface area contributed by atoms with Crippen LogP contribution < -0.4 is 0 Å². The Bertz CT molecular complexity index is 3230. The molecule has 0 aliphatic carbocycles. The number of unbranched alkanes of at least 4 members (excludes halogenated alkanes) is 5. The van der Waals surface area contributed by atoms with Crippen LogP contribution in [0.3, 0.4) is 0 Å². The minimum Gasteiger partial charge on any atom is -0.381 e. The summed E-state index contributed by atoms with van der Waals surface area (Å²) in [5.41, 5.74) is 10.0. The summed E-state index contributed by atoms with van der Waals surface area (Å²) in [7, 11) is 0. The molecule has 16 heteroatoms. The summed E-state index contributed by atoms with van der Waals surface area (Å²) in [5.74, 6) is 2.35. The van der Waals surface area contributed by atoms with Crippen LogP contribution >= 0.6 is 47.0 Å². The van der Waals surface area contributed by atoms with Crippen LogP contribution in [0.2, 0.25) is 0 Å². The second kappa shape index (κ2) is 104. The molecule has 12 nitrogen and oxygen atoms in total. The number of aryl methyl sites for hydroxylation is 6. The SMILES string of the molecule is CC(C)OC(C)C.CCC(C)OC(C)C.CCCCCOC(C)C.CCCCOC(C)(C)C.CCCCOC(C)C.CCCCOCC(C)(C)C.CCCOC(C)(C)C.CCCOC(C)C.CCCOCC(C)(C)C.CCOC(C)(C)C.CCOC(C)C.CCOCC(C)(C)C.Cc1cc(C)cc(SC(C)(C)C)c1.Cc1cc(C)cc(SCC(C)(C)C)c1.Cc1ccc(SC(C)(C)C)cc1.Cc1ccc(SCC(C)(C)C)cc1. The highest BCUT2D eigenvalue weighted by Crippen LogP contribution is 2.35. The van der Waals surface area contributed by atoms with Crippen LogP contribution in [-0.4, -0.2) is 173 Å². The molecule has 4 aromatic carbocycles. The van der Waals surface area contributed by atoms with Crippen molar-refractivity contribution in [2.75, 3.05) is 97.4 Å². The van der Waals surface area contributed by atoms with Crippen LogP contribution in [0.5, 0.6) is 0 Å². The van der Waals surface area contributed by atoms with E-state index in [0.717, 1.165) is 112 Å². The molecule has 888 valence electrons. The zero-order chi connectivity index (χ0) is 118. The Balaban J connectivity index is -0.000000134. The topological polar surface area (TPSA) is 111 Å². The van der Waals surface area contributed by atoms with Gasteiger partial charge in [-0.15, -0.1) is 47.0 Å². The minimum absolute atomic E-state index is 0.0503. The fourth-order valence-corrected chi connectivity index (χ4v) is 14.6. The van der Waals surface area contributed by atoms with E-state index in [4.69, 9.17) is 56.8 Å². The van der Waals surface area contributed by atoms with E-state index in [1.807, 2.05) is 109 Å². The smallest absolute Gasteiger partial charge is 0.0598 e. The lowest BCUT2D eigenvalue weighted by molar-refractivity contribution is -0.00425. The minimum atomic E-state index is 0.0503. The van der Waals surface area contributed by atoms with Crippen LogP contribution in [-0.2, 0) is 56.8 Å². The molecule has 0 saturated carbocycles. The molecule has 0 aromatic heterocycles. The Hall–Kier alpha value is -2.20. The summed E-state index contributed by atoms with van der Waals surface area (Å²) in [5, 5.41) is 0. The van der Waals surface area contributed by atoms with Crippen LogP contribution in [0.25, 0.3) is 0 Å². The standard InChI is InChI=1S/C13H20S.2C12H18S.C11H16S.C9H20O.3C8H18O.4C7H16O.3C6H14O.C5H12O/c1-10-6-11(2)8-12(7-10)14-9-13(3,4)5;1-9-6-10(2)8-11(7-9)13-12(3,4)5;1-10-5-7-11(8-6-10)13-9-12(2,3)4;1-9-5-7-10(8-6-9)12-11(2,3)4;1-5-6-7-10-8-9(2,3)4;1-5-6-9-7-8(2,3)4;1-5-6-7-9-8(2,3)4;1-4-5-6-7-9-8(2)3;1-5-8-6-7(2,3)4;1-5-6-8-7(2,3)4;1-5-7(4)8-6(2)3;1-4-5-6-8-7(2)3;1-5-7-6(2,3)4;1-5(2)7-6(3)4;1-4-5-7-6(2)3;1-4-6-5(2)3/h6-8H,9H2,1-5H3;6-8H,1-5H3;5-8H,9H2,1-4H3;5-8H,1-4H3;5-8H2,1-4H3;2*5-7H2,1-4H3;8H,4-7H2,1-3H3;2*5-6H2,1-4H3;6-7H,5H2,1-4H3;7H,4-6H2,1-3H3;5H2,1-4H3;5-6H,1-4H3;6H,4-5H2,1-3H3;5H,4H2,1-3H3. The molecule has 0 bridgehead atoms. The number of benzene rings is 4. The fraction of sp³-hybridized carbons (Fsp3) is 0.818. The third-order valence-electron chi connectivity index (χ3n) is 16.7. The van der Waals surface area contributed by atoms with E-state index in [9.17, 15) is 0 Å². The first-order chi connectivity index (χ1) is 67.4. The van der Waals surface area contributed by atoms with Crippen molar-refractivity contribution in [1.29, 1.82) is 0 Å². The molecule has 1 atom stereocenters. The van der Waals surface area contributed by atoms with E-state index in [1.54, 1.807) is 0 Å². The molecule has 0 aliphatic heterocycles. The lowest BCUT2D eigenvalue weighted by atomic mass is 9.99. The van der Waals surface area contributed by atoms with Crippen molar-refractivity contribution in [3.8, 4) is 0 Å². The van der Waals surface area contributed by atoms with Crippen molar-refractivity contribution in [2.45, 2.75) is 607 Å². The molecular formula is C132H264O12S4. The molecule has 4 rings (SSSR count). The average molecular weight is 2170 g/mol. The number of ether oxygens (including phenoxy) is 12. The highest BCUT2D eigenvalue weighted by atomic mass is 32.2. The Morgan fingerprint density at radius 2 is 0.527 bits per heavy atom. The van der Waals surface area contributed by atoms with Crippen LogP contribution in [0.15, 0.2) is 105 Å². The van der Waals surface area contributed by atoms with E-state index in [2.05, 4.69) is 452 Å². The molecule has 0 fully saturated rings. The van der Waals surface area contributed by atoms with Crippen LogP contribution in [0.1, 0.15) is 505 Å². The summed E-state index contributed by atoms with van der Waals surface area (Å²) in [6, 6.07) is 30.9. The summed E-state index contributed by atoms with van der Waals surface area (Å²) in [6.07, 6.45) is 18.7. The summed E-state index contributed by atoms with van der Waals surface area (Å²) < 4.78 is 64.2. The van der Waals surface area contributed by atoms with Crippen molar-refractivity contribution < 1.29 is 56.8 Å². The molecule has 148 heavy (non-hydrogen) atoms. The maximum Gasteiger partial charge on any atom is 0.0598 e. The lowest BCUT2D eigenvalue weighted by Crippen LogP contribution is -2.19. The van der Waals surface area contributed by atoms with Gasteiger partial charge in [-0.05, 0) is 378 Å². The van der Waals surface area contributed by atoms with E-state index in [-0.39, 0.29) is 16.8 Å². The predicted octanol–water partition coefficient (Wildman–Crippen LogP) is 42.8. The van der Waals surface area contributed by atoms with Gasteiger partial charge in [0, 0.05) is 107 Å². The number of hydrogen-bond donors (Lipinski definition) is 0. The Kier molecular flexibility index (Phi) is 120. The number of thioether (sulfide) groups is 4. The maximum atomic E-state index is 5.47. The third kappa shape index (κ3) is 188. The molecule has 1 unspecified atom stereocenters. The Morgan fingerprint density at radius 1 is 0.230 bits per heavy atom. The first-order valence-corrected chi connectivity index (χ1v) is 61.4. The van der Waals surface area contributed by atoms with Crippen LogP contribution in [0, 0.1) is 68.6 Å². The van der Waals surface area contributed by atoms with Gasteiger partial charge >= 0.3 is 0 Å². The van der Waals surface area contributed by atoms with Gasteiger partial charge in [-0.2, -0.15) is 0 Å². The first kappa shape index (κ1) is 171. The summed E-state index contributed by atoms with van der Waals surface area (Å²) in [6.45, 7) is 144. The zero-order valence-corrected chi connectivity index (χ0v) is 114. The normalized spacial score (nSPS) is 11.7. The third-order valence-corrected chi connectivity index (χ3v) is 22.1. The fourth-order valence-electron chi connectivity index (χ4n) is 10.4. The second-order valence-electron chi connectivity index (χ2n) is 51.0. The predicted molar refractivity (Wildman–Crippen MR) is 678 cm³/mol. The molecule has 0 amide bonds. The van der Waals surface area contributed by atoms with Gasteiger partial charge in [0.05, 0.1) is 85.5 Å². The second-order valence-corrected chi connectivity index (χ2v) is 56.9. The molecule has 0 heterocycles. The van der Waals surface area contributed by atoms with Gasteiger partial charge in [0.15, 0.2) is 0 Å². The van der Waals surface area contributed by atoms with E-state index >= 15 is 0 Å². The monoisotopic (exact) mass is 2170 g/mol. The molecule has 0 aliphatic rings. The van der Waals surface area contributed by atoms with Gasteiger partial charge in [-0.1, -0.05) is 280 Å². The van der Waals surface area contributed by atoms with Gasteiger partial charge in [-0.25, -0.2) is 0 Å². The van der Waals surface area contributed by atoms with Gasteiger partial charge < -0.3 is 56.8 Å². The van der Waals surface area contributed by atoms with Crippen LogP contribution in [0.4, 0.5) is 0 Å². The quantitative estimate of drug-likeness (QED) is 0.0311. The zero-order valence-electron chi connectivity index (χ0n) is 111. The maximum absolute atomic E-state index is 5.47. The van der Waals surface area contributed by atoms with Crippen molar-refractivity contribution >= 4 is 47.0 Å². The number of hydrogen-bond acceptors (Lipinski definition) is 16. The highest BCUT2D eigenvalue weighted by Gasteiger charge is 2.18. The first-order valence-electron chi connectivity index (χ1n) is 57.8. The van der Waals surface area contributed by atoms with E-state index in [1.165, 1.54) is 122 Å².